The average Bonchev–Trinajstić information content (AvgIpc) is 2.58. The highest BCUT2D eigenvalue weighted by Gasteiger charge is 2.29. The Hall–Kier alpha value is -0.600. The Bertz CT molecular complexity index is 235. The van der Waals surface area contributed by atoms with E-state index in [1.54, 1.807) is 0 Å². The van der Waals surface area contributed by atoms with Gasteiger partial charge in [-0.3, -0.25) is 4.84 Å². The lowest BCUT2D eigenvalue weighted by atomic mass is 10.0. The third-order valence-corrected chi connectivity index (χ3v) is 2.98. The third kappa shape index (κ3) is 3.47. The highest BCUT2D eigenvalue weighted by molar-refractivity contribution is 5.15. The van der Waals surface area contributed by atoms with Gasteiger partial charge in [0, 0.05) is 18.5 Å². The molecule has 86 valence electrons. The van der Waals surface area contributed by atoms with E-state index in [1.165, 1.54) is 5.57 Å². The van der Waals surface area contributed by atoms with Gasteiger partial charge < -0.3 is 0 Å². The second-order valence-electron chi connectivity index (χ2n) is 4.21. The van der Waals surface area contributed by atoms with Gasteiger partial charge in [-0.25, -0.2) is 0 Å². The number of allylic oxidation sites excluding steroid dienone is 2. The van der Waals surface area contributed by atoms with Crippen molar-refractivity contribution >= 4 is 0 Å². The lowest BCUT2D eigenvalue weighted by Gasteiger charge is -2.19. The molecule has 15 heavy (non-hydrogen) atoms. The van der Waals surface area contributed by atoms with Crippen molar-refractivity contribution in [2.75, 3.05) is 13.2 Å². The van der Waals surface area contributed by atoms with E-state index in [2.05, 4.69) is 44.6 Å². The summed E-state index contributed by atoms with van der Waals surface area (Å²) < 4.78 is 0. The average molecular weight is 209 g/mol. The quantitative estimate of drug-likeness (QED) is 0.645. The fourth-order valence-electron chi connectivity index (χ4n) is 1.73. The van der Waals surface area contributed by atoms with Crippen molar-refractivity contribution in [3.63, 3.8) is 0 Å². The molecule has 1 heterocycles. The van der Waals surface area contributed by atoms with Crippen LogP contribution in [0.15, 0.2) is 24.3 Å². The van der Waals surface area contributed by atoms with Crippen LogP contribution in [-0.4, -0.2) is 24.3 Å². The summed E-state index contributed by atoms with van der Waals surface area (Å²) in [6, 6.07) is 0.492. The van der Waals surface area contributed by atoms with Gasteiger partial charge in [0.2, 0.25) is 0 Å². The topological polar surface area (TPSA) is 12.5 Å². The van der Waals surface area contributed by atoms with Crippen molar-refractivity contribution < 1.29 is 4.84 Å². The second-order valence-corrected chi connectivity index (χ2v) is 4.21. The maximum absolute atomic E-state index is 5.64. The molecule has 2 unspecified atom stereocenters. The molecular weight excluding hydrogens is 186 g/mol. The maximum Gasteiger partial charge on any atom is 0.0763 e. The summed E-state index contributed by atoms with van der Waals surface area (Å²) in [6.07, 6.45) is 6.55. The molecule has 1 aliphatic rings. The van der Waals surface area contributed by atoms with E-state index < -0.39 is 0 Å². The van der Waals surface area contributed by atoms with E-state index >= 15 is 0 Å². The summed E-state index contributed by atoms with van der Waals surface area (Å²) in [5, 5.41) is 2.10. The lowest BCUT2D eigenvalue weighted by Crippen LogP contribution is -2.29. The summed E-state index contributed by atoms with van der Waals surface area (Å²) in [7, 11) is 0. The van der Waals surface area contributed by atoms with Gasteiger partial charge in [0.05, 0.1) is 6.61 Å². The van der Waals surface area contributed by atoms with Crippen LogP contribution in [0.5, 0.6) is 0 Å². The molecule has 1 rings (SSSR count). The molecule has 0 amide bonds. The molecule has 2 atom stereocenters. The maximum atomic E-state index is 5.64. The molecule has 0 spiro atoms. The van der Waals surface area contributed by atoms with Gasteiger partial charge in [0.15, 0.2) is 0 Å². The molecule has 0 aromatic rings. The minimum Gasteiger partial charge on any atom is -0.298 e. The van der Waals surface area contributed by atoms with Crippen LogP contribution in [0.25, 0.3) is 0 Å². The third-order valence-electron chi connectivity index (χ3n) is 2.98. The number of rotatable bonds is 5. The summed E-state index contributed by atoms with van der Waals surface area (Å²) in [4.78, 5) is 5.64. The fourth-order valence-corrected chi connectivity index (χ4v) is 1.73. The minimum atomic E-state index is 0.492. The van der Waals surface area contributed by atoms with Gasteiger partial charge in [-0.15, -0.1) is 0 Å². The first-order valence-electron chi connectivity index (χ1n) is 5.94. The van der Waals surface area contributed by atoms with E-state index in [1.807, 2.05) is 0 Å². The first kappa shape index (κ1) is 12.5. The van der Waals surface area contributed by atoms with Crippen molar-refractivity contribution in [2.24, 2.45) is 5.92 Å². The zero-order chi connectivity index (χ0) is 11.3. The zero-order valence-corrected chi connectivity index (χ0v) is 10.2. The molecule has 1 aliphatic heterocycles. The minimum absolute atomic E-state index is 0.492. The Kier molecular flexibility index (Phi) is 5.06. The van der Waals surface area contributed by atoms with Gasteiger partial charge >= 0.3 is 0 Å². The molecule has 0 aromatic carbocycles. The number of hydroxylamine groups is 2. The zero-order valence-electron chi connectivity index (χ0n) is 10.2. The van der Waals surface area contributed by atoms with Crippen LogP contribution < -0.4 is 0 Å². The van der Waals surface area contributed by atoms with Crippen LogP contribution in [0, 0.1) is 5.92 Å². The number of nitrogens with zero attached hydrogens (tertiary/aromatic N) is 1. The van der Waals surface area contributed by atoms with Gasteiger partial charge in [-0.05, 0) is 19.8 Å². The lowest BCUT2D eigenvalue weighted by molar-refractivity contribution is -0.128. The fraction of sp³-hybridized carbons (Fsp3) is 0.692. The van der Waals surface area contributed by atoms with Gasteiger partial charge in [0.25, 0.3) is 0 Å². The highest BCUT2D eigenvalue weighted by atomic mass is 16.7. The van der Waals surface area contributed by atoms with Crippen molar-refractivity contribution in [3.05, 3.63) is 24.3 Å². The Balaban J connectivity index is 2.45. The molecule has 2 heteroatoms. The van der Waals surface area contributed by atoms with Crippen molar-refractivity contribution in [1.29, 1.82) is 0 Å². The van der Waals surface area contributed by atoms with E-state index in [9.17, 15) is 0 Å². The standard InChI is InChI=1S/C13H23NO/c1-5-9-14-12(4)13(10-15-14)8-7-11(3)6-2/h7-8,12-13H,3,5-6,9-10H2,1-2,4H3/b8-7-. The SMILES string of the molecule is C=C(/C=C\C1CON(CCC)C1C)CC. The summed E-state index contributed by atoms with van der Waals surface area (Å²) >= 11 is 0. The molecule has 0 radical (unpaired) electrons. The molecule has 0 aromatic heterocycles. The van der Waals surface area contributed by atoms with E-state index in [4.69, 9.17) is 4.84 Å². The molecule has 2 nitrogen and oxygen atoms in total. The molecule has 1 saturated heterocycles. The Morgan fingerprint density at radius 2 is 2.27 bits per heavy atom. The molecule has 0 aliphatic carbocycles. The van der Waals surface area contributed by atoms with Crippen LogP contribution in [0.1, 0.15) is 33.6 Å². The Labute approximate surface area is 93.6 Å². The Morgan fingerprint density at radius 1 is 1.53 bits per heavy atom. The number of hydrogen-bond acceptors (Lipinski definition) is 2. The molecule has 0 bridgehead atoms. The van der Waals surface area contributed by atoms with Gasteiger partial charge in [-0.1, -0.05) is 38.2 Å². The molecular formula is C13H23NO. The van der Waals surface area contributed by atoms with Crippen LogP contribution in [-0.2, 0) is 4.84 Å². The predicted molar refractivity (Wildman–Crippen MR) is 64.5 cm³/mol. The van der Waals surface area contributed by atoms with Gasteiger partial charge in [0.1, 0.15) is 0 Å². The first-order chi connectivity index (χ1) is 7.19. The van der Waals surface area contributed by atoms with Crippen LogP contribution in [0.2, 0.25) is 0 Å². The summed E-state index contributed by atoms with van der Waals surface area (Å²) in [5.41, 5.74) is 1.19. The first-order valence-corrected chi connectivity index (χ1v) is 5.94. The van der Waals surface area contributed by atoms with Crippen molar-refractivity contribution in [3.8, 4) is 0 Å². The molecule has 0 N–H and O–H groups in total. The van der Waals surface area contributed by atoms with E-state index in [0.29, 0.717) is 12.0 Å². The van der Waals surface area contributed by atoms with Crippen LogP contribution in [0.4, 0.5) is 0 Å². The monoisotopic (exact) mass is 209 g/mol. The van der Waals surface area contributed by atoms with Crippen LogP contribution in [0.3, 0.4) is 0 Å². The number of hydrogen-bond donors (Lipinski definition) is 0. The van der Waals surface area contributed by atoms with E-state index in [-0.39, 0.29) is 0 Å². The summed E-state index contributed by atoms with van der Waals surface area (Å²) in [5.74, 6) is 0.514. The smallest absolute Gasteiger partial charge is 0.0763 e. The van der Waals surface area contributed by atoms with E-state index in [0.717, 1.165) is 26.0 Å². The van der Waals surface area contributed by atoms with Crippen molar-refractivity contribution in [2.45, 2.75) is 39.7 Å². The molecule has 0 saturated carbocycles. The Morgan fingerprint density at radius 3 is 2.87 bits per heavy atom. The molecule has 1 fully saturated rings. The largest absolute Gasteiger partial charge is 0.298 e. The highest BCUT2D eigenvalue weighted by Crippen LogP contribution is 2.22. The second kappa shape index (κ2) is 6.09. The van der Waals surface area contributed by atoms with Gasteiger partial charge in [-0.2, -0.15) is 5.06 Å². The normalized spacial score (nSPS) is 27.7. The van der Waals surface area contributed by atoms with Crippen LogP contribution >= 0.6 is 0 Å². The summed E-state index contributed by atoms with van der Waals surface area (Å²) in [6.45, 7) is 12.4. The predicted octanol–water partition coefficient (Wildman–Crippen LogP) is 3.17. The van der Waals surface area contributed by atoms with Crippen molar-refractivity contribution in [1.82, 2.24) is 5.06 Å².